The van der Waals surface area contributed by atoms with Crippen LogP contribution >= 0.6 is 24.8 Å². The summed E-state index contributed by atoms with van der Waals surface area (Å²) in [6.07, 6.45) is 3.31. The molecule has 5 nitrogen and oxygen atoms in total. The van der Waals surface area contributed by atoms with Crippen molar-refractivity contribution < 1.29 is 9.90 Å². The monoisotopic (exact) mass is 375 g/mol. The highest BCUT2D eigenvalue weighted by Gasteiger charge is 2.28. The summed E-state index contributed by atoms with van der Waals surface area (Å²) < 4.78 is 0. The van der Waals surface area contributed by atoms with Crippen molar-refractivity contribution in [2.45, 2.75) is 31.8 Å². The number of hydrogen-bond acceptors (Lipinski definition) is 4. The Labute approximate surface area is 156 Å². The molecule has 2 fully saturated rings. The first-order valence-electron chi connectivity index (χ1n) is 8.25. The summed E-state index contributed by atoms with van der Waals surface area (Å²) in [7, 11) is 0. The van der Waals surface area contributed by atoms with Gasteiger partial charge in [-0.1, -0.05) is 18.6 Å². The summed E-state index contributed by atoms with van der Waals surface area (Å²) in [6.45, 7) is 5.19. The van der Waals surface area contributed by atoms with Crippen LogP contribution in [0, 0.1) is 0 Å². The molecule has 1 amide bonds. The van der Waals surface area contributed by atoms with Crippen LogP contribution in [0.5, 0.6) is 5.75 Å². The third kappa shape index (κ3) is 5.52. The molecule has 7 heteroatoms. The van der Waals surface area contributed by atoms with Gasteiger partial charge in [0.1, 0.15) is 5.75 Å². The number of phenols is 1. The molecule has 0 saturated carbocycles. The smallest absolute Gasteiger partial charge is 0.239 e. The third-order valence-electron chi connectivity index (χ3n) is 4.61. The number of piperidine rings is 1. The fourth-order valence-corrected chi connectivity index (χ4v) is 3.32. The maximum absolute atomic E-state index is 12.5. The zero-order valence-electron chi connectivity index (χ0n) is 13.8. The van der Waals surface area contributed by atoms with Gasteiger partial charge in [-0.2, -0.15) is 0 Å². The quantitative estimate of drug-likeness (QED) is 0.848. The molecule has 0 spiro atoms. The van der Waals surface area contributed by atoms with Gasteiger partial charge in [-0.05, 0) is 37.1 Å². The first kappa shape index (κ1) is 21.0. The Kier molecular flexibility index (Phi) is 8.84. The molecular formula is C17H27Cl2N3O2. The highest BCUT2D eigenvalue weighted by molar-refractivity contribution is 5.85. The summed E-state index contributed by atoms with van der Waals surface area (Å²) in [6, 6.07) is 7.44. The maximum atomic E-state index is 12.5. The van der Waals surface area contributed by atoms with E-state index in [-0.39, 0.29) is 36.8 Å². The minimum absolute atomic E-state index is 0. The van der Waals surface area contributed by atoms with Crippen LogP contribution in [0.15, 0.2) is 24.3 Å². The molecule has 0 unspecified atom stereocenters. The zero-order valence-corrected chi connectivity index (χ0v) is 15.5. The molecule has 2 aliphatic heterocycles. The largest absolute Gasteiger partial charge is 0.508 e. The van der Waals surface area contributed by atoms with E-state index in [1.807, 2.05) is 23.1 Å². The van der Waals surface area contributed by atoms with E-state index in [0.29, 0.717) is 5.75 Å². The van der Waals surface area contributed by atoms with Gasteiger partial charge in [0, 0.05) is 32.7 Å². The topological polar surface area (TPSA) is 55.8 Å². The number of amides is 1. The average Bonchev–Trinajstić information content (AvgIpc) is 2.56. The molecule has 0 aliphatic carbocycles. The second-order valence-electron chi connectivity index (χ2n) is 6.27. The number of rotatable bonds is 3. The number of piperazine rings is 1. The van der Waals surface area contributed by atoms with Crippen LogP contribution in [0.2, 0.25) is 0 Å². The minimum Gasteiger partial charge on any atom is -0.508 e. The molecular weight excluding hydrogens is 349 g/mol. The van der Waals surface area contributed by atoms with Crippen molar-refractivity contribution in [3.8, 4) is 5.75 Å². The van der Waals surface area contributed by atoms with Crippen LogP contribution in [0.1, 0.15) is 24.8 Å². The number of aromatic hydroxyl groups is 1. The SMILES string of the molecule is Cl.Cl.O=C([C@H]1CCCCN1)N1CCN(Cc2cccc(O)c2)CC1. The standard InChI is InChI=1S/C17H25N3O2.2ClH/c21-15-5-3-4-14(12-15)13-19-8-10-20(11-9-19)17(22)16-6-1-2-7-18-16;;/h3-5,12,16,18,21H,1-2,6-11,13H2;2*1H/t16-;;/m1../s1. The number of hydrogen-bond donors (Lipinski definition) is 2. The lowest BCUT2D eigenvalue weighted by Gasteiger charge is -2.37. The predicted molar refractivity (Wildman–Crippen MR) is 100 cm³/mol. The first-order valence-corrected chi connectivity index (χ1v) is 8.25. The van der Waals surface area contributed by atoms with Crippen LogP contribution in [-0.2, 0) is 11.3 Å². The molecule has 24 heavy (non-hydrogen) atoms. The van der Waals surface area contributed by atoms with Crippen LogP contribution in [0.3, 0.4) is 0 Å². The van der Waals surface area contributed by atoms with E-state index in [0.717, 1.165) is 57.7 Å². The van der Waals surface area contributed by atoms with Crippen molar-refractivity contribution in [2.75, 3.05) is 32.7 Å². The van der Waals surface area contributed by atoms with Gasteiger partial charge >= 0.3 is 0 Å². The Morgan fingerprint density at radius 2 is 1.92 bits per heavy atom. The third-order valence-corrected chi connectivity index (χ3v) is 4.61. The van der Waals surface area contributed by atoms with E-state index in [2.05, 4.69) is 10.2 Å². The number of phenolic OH excluding ortho intramolecular Hbond substituents is 1. The van der Waals surface area contributed by atoms with Gasteiger partial charge in [0.05, 0.1) is 6.04 Å². The molecule has 3 rings (SSSR count). The van der Waals surface area contributed by atoms with E-state index in [4.69, 9.17) is 0 Å². The summed E-state index contributed by atoms with van der Waals surface area (Å²) in [5, 5.41) is 12.9. The number of carbonyl (C=O) groups excluding carboxylic acids is 1. The molecule has 0 radical (unpaired) electrons. The maximum Gasteiger partial charge on any atom is 0.239 e. The van der Waals surface area contributed by atoms with E-state index in [1.165, 1.54) is 6.42 Å². The van der Waals surface area contributed by atoms with Crippen molar-refractivity contribution in [3.63, 3.8) is 0 Å². The van der Waals surface area contributed by atoms with Crippen molar-refractivity contribution in [3.05, 3.63) is 29.8 Å². The van der Waals surface area contributed by atoms with Crippen molar-refractivity contribution >= 4 is 30.7 Å². The van der Waals surface area contributed by atoms with Gasteiger partial charge in [0.15, 0.2) is 0 Å². The highest BCUT2D eigenvalue weighted by Crippen LogP contribution is 2.15. The predicted octanol–water partition coefficient (Wildman–Crippen LogP) is 2.02. The Balaban J connectivity index is 0.00000144. The fourth-order valence-electron chi connectivity index (χ4n) is 3.32. The molecule has 0 aromatic heterocycles. The fraction of sp³-hybridized carbons (Fsp3) is 0.588. The van der Waals surface area contributed by atoms with E-state index in [9.17, 15) is 9.90 Å². The van der Waals surface area contributed by atoms with Gasteiger partial charge < -0.3 is 15.3 Å². The lowest BCUT2D eigenvalue weighted by atomic mass is 10.0. The summed E-state index contributed by atoms with van der Waals surface area (Å²) in [5.74, 6) is 0.589. The summed E-state index contributed by atoms with van der Waals surface area (Å²) in [5.41, 5.74) is 1.12. The molecule has 0 bridgehead atoms. The average molecular weight is 376 g/mol. The highest BCUT2D eigenvalue weighted by atomic mass is 35.5. The van der Waals surface area contributed by atoms with Crippen molar-refractivity contribution in [1.29, 1.82) is 0 Å². The minimum atomic E-state index is 0. The van der Waals surface area contributed by atoms with Gasteiger partial charge in [0.2, 0.25) is 5.91 Å². The molecule has 2 N–H and O–H groups in total. The molecule has 2 aliphatic rings. The van der Waals surface area contributed by atoms with Crippen LogP contribution in [0.25, 0.3) is 0 Å². The number of nitrogens with one attached hydrogen (secondary N) is 1. The van der Waals surface area contributed by atoms with Crippen LogP contribution in [0.4, 0.5) is 0 Å². The Hall–Kier alpha value is -1.01. The molecule has 1 aromatic rings. The van der Waals surface area contributed by atoms with Gasteiger partial charge in [-0.3, -0.25) is 9.69 Å². The van der Waals surface area contributed by atoms with E-state index >= 15 is 0 Å². The first-order chi connectivity index (χ1) is 10.7. The lowest BCUT2D eigenvalue weighted by molar-refractivity contribution is -0.135. The summed E-state index contributed by atoms with van der Waals surface area (Å²) in [4.78, 5) is 16.8. The van der Waals surface area contributed by atoms with E-state index in [1.54, 1.807) is 6.07 Å². The zero-order chi connectivity index (χ0) is 15.4. The number of halogens is 2. The Bertz CT molecular complexity index is 516. The van der Waals surface area contributed by atoms with Gasteiger partial charge in [-0.25, -0.2) is 0 Å². The van der Waals surface area contributed by atoms with Crippen LogP contribution in [-0.4, -0.2) is 59.6 Å². The van der Waals surface area contributed by atoms with Crippen molar-refractivity contribution in [1.82, 2.24) is 15.1 Å². The summed E-state index contributed by atoms with van der Waals surface area (Å²) >= 11 is 0. The van der Waals surface area contributed by atoms with Gasteiger partial charge in [0.25, 0.3) is 0 Å². The number of benzene rings is 1. The second kappa shape index (κ2) is 10.1. The second-order valence-corrected chi connectivity index (χ2v) is 6.27. The van der Waals surface area contributed by atoms with Crippen molar-refractivity contribution in [2.24, 2.45) is 0 Å². The number of nitrogens with zero attached hydrogens (tertiary/aromatic N) is 2. The number of carbonyl (C=O) groups is 1. The van der Waals surface area contributed by atoms with E-state index < -0.39 is 0 Å². The molecule has 136 valence electrons. The molecule has 1 aromatic carbocycles. The Morgan fingerprint density at radius 1 is 1.17 bits per heavy atom. The molecule has 2 saturated heterocycles. The van der Waals surface area contributed by atoms with Crippen LogP contribution < -0.4 is 5.32 Å². The molecule has 2 heterocycles. The normalized spacial score (nSPS) is 21.5. The Morgan fingerprint density at radius 3 is 2.54 bits per heavy atom. The lowest BCUT2D eigenvalue weighted by Crippen LogP contribution is -2.54. The van der Waals surface area contributed by atoms with Gasteiger partial charge in [-0.15, -0.1) is 24.8 Å². The molecule has 1 atom stereocenters.